The second kappa shape index (κ2) is 6.27. The summed E-state index contributed by atoms with van der Waals surface area (Å²) in [4.78, 5) is 11.3. The van der Waals surface area contributed by atoms with Crippen molar-refractivity contribution in [2.45, 2.75) is 27.3 Å². The minimum atomic E-state index is -0.177. The predicted octanol–water partition coefficient (Wildman–Crippen LogP) is 1.27. The molecule has 0 aliphatic heterocycles. The molecule has 16 heavy (non-hydrogen) atoms. The van der Waals surface area contributed by atoms with Crippen LogP contribution in [0.15, 0.2) is 10.6 Å². The van der Waals surface area contributed by atoms with Crippen LogP contribution in [0.2, 0.25) is 0 Å². The summed E-state index contributed by atoms with van der Waals surface area (Å²) in [5.74, 6) is 0.446. The molecular formula is C11H18N2O3. The van der Waals surface area contributed by atoms with E-state index >= 15 is 0 Å². The molecule has 1 aromatic rings. The standard InChI is InChI=1S/C11H18N2O3/c1-4-15-11(14)8(2)6-12-7-10-5-9(3)13-16-10/h5,8,12H,4,6-7H2,1-3H3. The highest BCUT2D eigenvalue weighted by Gasteiger charge is 2.13. The molecule has 5 heteroatoms. The lowest BCUT2D eigenvalue weighted by Gasteiger charge is -2.10. The number of aromatic nitrogens is 1. The molecule has 0 saturated heterocycles. The molecule has 0 radical (unpaired) electrons. The molecule has 90 valence electrons. The Bertz CT molecular complexity index is 336. The Morgan fingerprint density at radius 3 is 3.00 bits per heavy atom. The van der Waals surface area contributed by atoms with E-state index in [9.17, 15) is 4.79 Å². The van der Waals surface area contributed by atoms with Crippen LogP contribution in [-0.2, 0) is 16.1 Å². The molecule has 1 atom stereocenters. The number of nitrogens with zero attached hydrogens (tertiary/aromatic N) is 1. The zero-order valence-electron chi connectivity index (χ0n) is 9.95. The van der Waals surface area contributed by atoms with Crippen LogP contribution in [0.4, 0.5) is 0 Å². The number of hydrogen-bond acceptors (Lipinski definition) is 5. The van der Waals surface area contributed by atoms with Gasteiger partial charge in [-0.15, -0.1) is 0 Å². The Hall–Kier alpha value is -1.36. The van der Waals surface area contributed by atoms with Crippen LogP contribution in [0.5, 0.6) is 0 Å². The van der Waals surface area contributed by atoms with Crippen molar-refractivity contribution in [1.82, 2.24) is 10.5 Å². The third-order valence-corrected chi connectivity index (χ3v) is 2.12. The molecule has 1 heterocycles. The van der Waals surface area contributed by atoms with Gasteiger partial charge in [0.15, 0.2) is 5.76 Å². The molecule has 0 aromatic carbocycles. The van der Waals surface area contributed by atoms with E-state index in [0.717, 1.165) is 11.5 Å². The fourth-order valence-electron chi connectivity index (χ4n) is 1.28. The minimum Gasteiger partial charge on any atom is -0.466 e. The van der Waals surface area contributed by atoms with Crippen LogP contribution in [0.3, 0.4) is 0 Å². The van der Waals surface area contributed by atoms with Gasteiger partial charge >= 0.3 is 5.97 Å². The number of carbonyl (C=O) groups is 1. The number of rotatable bonds is 6. The Kier molecular flexibility index (Phi) is 4.98. The normalized spacial score (nSPS) is 12.4. The Labute approximate surface area is 95.1 Å². The fraction of sp³-hybridized carbons (Fsp3) is 0.636. The van der Waals surface area contributed by atoms with E-state index in [4.69, 9.17) is 9.26 Å². The van der Waals surface area contributed by atoms with Crippen LogP contribution < -0.4 is 5.32 Å². The maximum Gasteiger partial charge on any atom is 0.309 e. The molecule has 0 spiro atoms. The van der Waals surface area contributed by atoms with E-state index in [1.54, 1.807) is 6.92 Å². The summed E-state index contributed by atoms with van der Waals surface area (Å²) >= 11 is 0. The van der Waals surface area contributed by atoms with Gasteiger partial charge in [0.2, 0.25) is 0 Å². The van der Waals surface area contributed by atoms with E-state index in [1.165, 1.54) is 0 Å². The van der Waals surface area contributed by atoms with Crippen LogP contribution in [0.25, 0.3) is 0 Å². The van der Waals surface area contributed by atoms with E-state index in [2.05, 4.69) is 10.5 Å². The van der Waals surface area contributed by atoms with Crippen LogP contribution in [0.1, 0.15) is 25.3 Å². The van der Waals surface area contributed by atoms with Gasteiger partial charge in [-0.1, -0.05) is 12.1 Å². The second-order valence-electron chi connectivity index (χ2n) is 3.72. The lowest BCUT2D eigenvalue weighted by molar-refractivity contribution is -0.147. The number of carbonyl (C=O) groups excluding carboxylic acids is 1. The van der Waals surface area contributed by atoms with E-state index in [-0.39, 0.29) is 11.9 Å². The number of hydrogen-bond donors (Lipinski definition) is 1. The summed E-state index contributed by atoms with van der Waals surface area (Å²) in [6.45, 7) is 7.06. The Morgan fingerprint density at radius 1 is 1.69 bits per heavy atom. The van der Waals surface area contributed by atoms with Crippen molar-refractivity contribution >= 4 is 5.97 Å². The maximum atomic E-state index is 11.3. The average molecular weight is 226 g/mol. The lowest BCUT2D eigenvalue weighted by Crippen LogP contribution is -2.27. The van der Waals surface area contributed by atoms with Gasteiger partial charge in [-0.3, -0.25) is 4.79 Å². The highest BCUT2D eigenvalue weighted by molar-refractivity contribution is 5.72. The number of aryl methyl sites for hydroxylation is 1. The van der Waals surface area contributed by atoms with Gasteiger partial charge in [-0.25, -0.2) is 0 Å². The predicted molar refractivity (Wildman–Crippen MR) is 58.7 cm³/mol. The highest BCUT2D eigenvalue weighted by Crippen LogP contribution is 2.02. The van der Waals surface area contributed by atoms with Crippen molar-refractivity contribution < 1.29 is 14.1 Å². The van der Waals surface area contributed by atoms with Gasteiger partial charge in [0.25, 0.3) is 0 Å². The summed E-state index contributed by atoms with van der Waals surface area (Å²) in [7, 11) is 0. The van der Waals surface area contributed by atoms with Crippen molar-refractivity contribution in [3.8, 4) is 0 Å². The lowest BCUT2D eigenvalue weighted by atomic mass is 10.2. The summed E-state index contributed by atoms with van der Waals surface area (Å²) in [5.41, 5.74) is 0.857. The van der Waals surface area contributed by atoms with Crippen LogP contribution in [-0.4, -0.2) is 24.3 Å². The smallest absolute Gasteiger partial charge is 0.309 e. The van der Waals surface area contributed by atoms with E-state index < -0.39 is 0 Å². The van der Waals surface area contributed by atoms with Gasteiger partial charge in [-0.05, 0) is 13.8 Å². The summed E-state index contributed by atoms with van der Waals surface area (Å²) < 4.78 is 9.92. The zero-order valence-corrected chi connectivity index (χ0v) is 9.95. The first kappa shape index (κ1) is 12.7. The third-order valence-electron chi connectivity index (χ3n) is 2.12. The molecule has 0 aliphatic rings. The first-order valence-corrected chi connectivity index (χ1v) is 5.43. The van der Waals surface area contributed by atoms with Gasteiger partial charge in [0, 0.05) is 12.6 Å². The summed E-state index contributed by atoms with van der Waals surface area (Å²) in [5, 5.41) is 6.89. The van der Waals surface area contributed by atoms with Crippen molar-refractivity contribution in [3.05, 3.63) is 17.5 Å². The number of ether oxygens (including phenoxy) is 1. The second-order valence-corrected chi connectivity index (χ2v) is 3.72. The van der Waals surface area contributed by atoms with Crippen LogP contribution >= 0.6 is 0 Å². The van der Waals surface area contributed by atoms with E-state index in [1.807, 2.05) is 19.9 Å². The van der Waals surface area contributed by atoms with Gasteiger partial charge in [0.1, 0.15) is 0 Å². The maximum absolute atomic E-state index is 11.3. The van der Waals surface area contributed by atoms with Gasteiger partial charge in [-0.2, -0.15) is 0 Å². The van der Waals surface area contributed by atoms with Crippen molar-refractivity contribution in [2.24, 2.45) is 5.92 Å². The summed E-state index contributed by atoms with van der Waals surface area (Å²) in [6, 6.07) is 1.86. The molecule has 0 bridgehead atoms. The van der Waals surface area contributed by atoms with Gasteiger partial charge in [0.05, 0.1) is 24.8 Å². The Morgan fingerprint density at radius 2 is 2.44 bits per heavy atom. The Balaban J connectivity index is 2.22. The molecule has 0 amide bonds. The zero-order chi connectivity index (χ0) is 12.0. The van der Waals surface area contributed by atoms with Crippen molar-refractivity contribution in [2.75, 3.05) is 13.2 Å². The first-order valence-electron chi connectivity index (χ1n) is 5.43. The molecular weight excluding hydrogens is 208 g/mol. The highest BCUT2D eigenvalue weighted by atomic mass is 16.5. The molecule has 0 fully saturated rings. The van der Waals surface area contributed by atoms with Crippen molar-refractivity contribution in [1.29, 1.82) is 0 Å². The number of nitrogens with one attached hydrogen (secondary N) is 1. The molecule has 1 unspecified atom stereocenters. The minimum absolute atomic E-state index is 0.149. The van der Waals surface area contributed by atoms with Gasteiger partial charge < -0.3 is 14.6 Å². The van der Waals surface area contributed by atoms with Crippen LogP contribution in [0, 0.1) is 12.8 Å². The van der Waals surface area contributed by atoms with E-state index in [0.29, 0.717) is 19.7 Å². The molecule has 1 rings (SSSR count). The summed E-state index contributed by atoms with van der Waals surface area (Å²) in [6.07, 6.45) is 0. The largest absolute Gasteiger partial charge is 0.466 e. The average Bonchev–Trinajstić information content (AvgIpc) is 2.64. The first-order chi connectivity index (χ1) is 7.63. The topological polar surface area (TPSA) is 64.4 Å². The fourth-order valence-corrected chi connectivity index (χ4v) is 1.28. The molecule has 1 N–H and O–H groups in total. The van der Waals surface area contributed by atoms with Crippen molar-refractivity contribution in [3.63, 3.8) is 0 Å². The SMILES string of the molecule is CCOC(=O)C(C)CNCc1cc(C)no1. The monoisotopic (exact) mass is 226 g/mol. The third kappa shape index (κ3) is 4.02. The molecule has 0 aliphatic carbocycles. The number of esters is 1. The molecule has 5 nitrogen and oxygen atoms in total. The molecule has 1 aromatic heterocycles. The molecule has 0 saturated carbocycles. The quantitative estimate of drug-likeness (QED) is 0.740.